The number of amides is 3. The number of hydrogen-bond donors (Lipinski definition) is 7. The van der Waals surface area contributed by atoms with Gasteiger partial charge in [0, 0.05) is 25.6 Å². The Bertz CT molecular complexity index is 1370. The Hall–Kier alpha value is -3.18. The fourth-order valence-electron chi connectivity index (χ4n) is 6.14. The van der Waals surface area contributed by atoms with Gasteiger partial charge < -0.3 is 37.2 Å². The molecule has 2 fully saturated rings. The van der Waals surface area contributed by atoms with E-state index in [2.05, 4.69) is 15.6 Å². The molecule has 15 nitrogen and oxygen atoms in total. The zero-order valence-electron chi connectivity index (χ0n) is 26.0. The molecule has 46 heavy (non-hydrogen) atoms. The number of aliphatic hydroxyl groups is 1. The predicted molar refractivity (Wildman–Crippen MR) is 170 cm³/mol. The highest BCUT2D eigenvalue weighted by molar-refractivity contribution is 7.80. The molecular weight excluding hydrogens is 644 g/mol. The predicted octanol–water partition coefficient (Wildman–Crippen LogP) is 0.607. The molecule has 3 rings (SSSR count). The summed E-state index contributed by atoms with van der Waals surface area (Å²) in [5.74, 6) is -2.14. The van der Waals surface area contributed by atoms with Gasteiger partial charge >= 0.3 is 10.4 Å². The molecule has 1 heterocycles. The fourth-order valence-corrected chi connectivity index (χ4v) is 6.86. The molecule has 0 radical (unpaired) electrons. The molecule has 1 aromatic carbocycles. The maximum absolute atomic E-state index is 14.3. The molecule has 1 aliphatic heterocycles. The number of aromatic hydroxyl groups is 1. The van der Waals surface area contributed by atoms with Gasteiger partial charge in [-0.3, -0.25) is 23.9 Å². The maximum Gasteiger partial charge on any atom is 0.397 e. The van der Waals surface area contributed by atoms with E-state index in [9.17, 15) is 37.6 Å². The van der Waals surface area contributed by atoms with Crippen molar-refractivity contribution >= 4 is 45.7 Å². The summed E-state index contributed by atoms with van der Waals surface area (Å²) >= 11 is 5.95. The summed E-state index contributed by atoms with van der Waals surface area (Å²) in [4.78, 5) is 46.2. The minimum atomic E-state index is -4.75. The number of nitrogens with two attached hydrogens (primary N) is 2. The van der Waals surface area contributed by atoms with E-state index in [1.807, 2.05) is 13.8 Å². The first-order chi connectivity index (χ1) is 21.6. The molecule has 0 aromatic heterocycles. The number of aliphatic hydroxyl groups excluding tert-OH is 1. The molecule has 0 unspecified atom stereocenters. The van der Waals surface area contributed by atoms with Crippen LogP contribution in [0, 0.1) is 11.8 Å². The van der Waals surface area contributed by atoms with Crippen molar-refractivity contribution < 1.29 is 41.8 Å². The molecule has 1 aliphatic carbocycles. The topological polar surface area (TPSA) is 247 Å². The van der Waals surface area contributed by atoms with E-state index in [4.69, 9.17) is 27.3 Å². The van der Waals surface area contributed by atoms with Crippen LogP contribution < -0.4 is 22.1 Å². The number of benzene rings is 1. The average Bonchev–Trinajstić information content (AvgIpc) is 3.33. The van der Waals surface area contributed by atoms with Gasteiger partial charge in [0.15, 0.2) is 5.96 Å². The number of aliphatic imine (C=N–C) groups is 1. The summed E-state index contributed by atoms with van der Waals surface area (Å²) in [5.41, 5.74) is 11.2. The molecule has 9 N–H and O–H groups in total. The Labute approximate surface area is 274 Å². The van der Waals surface area contributed by atoms with Gasteiger partial charge in [-0.2, -0.15) is 8.42 Å². The van der Waals surface area contributed by atoms with Crippen molar-refractivity contribution in [3.05, 3.63) is 28.8 Å². The quantitative estimate of drug-likeness (QED) is 0.0582. The summed E-state index contributed by atoms with van der Waals surface area (Å²) in [6, 6.07) is 1.67. The van der Waals surface area contributed by atoms with Gasteiger partial charge in [0.2, 0.25) is 17.7 Å². The van der Waals surface area contributed by atoms with Gasteiger partial charge in [0.25, 0.3) is 0 Å². The number of fused-ring (bicyclic) bond motifs is 1. The second-order valence-corrected chi connectivity index (χ2v) is 13.7. The zero-order valence-corrected chi connectivity index (χ0v) is 27.5. The number of hydrogen-bond acceptors (Lipinski definition) is 9. The molecule has 1 saturated carbocycles. The minimum Gasteiger partial charge on any atom is -0.506 e. The highest BCUT2D eigenvalue weighted by Crippen LogP contribution is 2.41. The van der Waals surface area contributed by atoms with Crippen LogP contribution in [0.2, 0.25) is 5.02 Å². The lowest BCUT2D eigenvalue weighted by molar-refractivity contribution is -0.145. The number of phenolic OH excluding ortho intramolecular Hbond substituents is 1. The third-order valence-electron chi connectivity index (χ3n) is 8.19. The molecule has 6 atom stereocenters. The van der Waals surface area contributed by atoms with Gasteiger partial charge in [-0.15, -0.1) is 0 Å². The first-order valence-corrected chi connectivity index (χ1v) is 17.1. The summed E-state index contributed by atoms with van der Waals surface area (Å²) in [6.07, 6.45) is -0.0503. The summed E-state index contributed by atoms with van der Waals surface area (Å²) < 4.78 is 37.1. The SMILES string of the molecule is CC(C)C[C@@H](NC(=O)[C@H](O)Cc1ccc(O)c(Cl)c1)C(=O)N1[C@H](C(=O)NCCCCN=C(N)N)C[C@@H]2CC[C@@H](OS(=O)(=O)O)C[C@@H]21. The normalized spacial score (nSPS) is 22.5. The van der Waals surface area contributed by atoms with Crippen LogP contribution in [0.15, 0.2) is 23.2 Å². The second-order valence-electron chi connectivity index (χ2n) is 12.3. The van der Waals surface area contributed by atoms with Crippen LogP contribution in [0.3, 0.4) is 0 Å². The maximum atomic E-state index is 14.3. The Morgan fingerprint density at radius 1 is 1.17 bits per heavy atom. The van der Waals surface area contributed by atoms with Gasteiger partial charge in [-0.1, -0.05) is 31.5 Å². The minimum absolute atomic E-state index is 0.0247. The third-order valence-corrected chi connectivity index (χ3v) is 9.00. The third kappa shape index (κ3) is 11.0. The van der Waals surface area contributed by atoms with Crippen LogP contribution >= 0.6 is 11.6 Å². The molecule has 2 aliphatic rings. The van der Waals surface area contributed by atoms with E-state index in [1.54, 1.807) is 0 Å². The van der Waals surface area contributed by atoms with Crippen molar-refractivity contribution in [2.75, 3.05) is 13.1 Å². The van der Waals surface area contributed by atoms with E-state index in [1.165, 1.54) is 23.1 Å². The lowest BCUT2D eigenvalue weighted by Gasteiger charge is -2.38. The van der Waals surface area contributed by atoms with Crippen molar-refractivity contribution in [1.29, 1.82) is 0 Å². The Kier molecular flexibility index (Phi) is 13.4. The van der Waals surface area contributed by atoms with Crippen LogP contribution in [-0.4, -0.2) is 95.2 Å². The molecule has 258 valence electrons. The number of carbonyl (C=O) groups excluding carboxylic acids is 3. The van der Waals surface area contributed by atoms with E-state index in [-0.39, 0.29) is 47.8 Å². The number of rotatable bonds is 15. The molecule has 1 saturated heterocycles. The van der Waals surface area contributed by atoms with Crippen molar-refractivity contribution in [3.8, 4) is 5.75 Å². The van der Waals surface area contributed by atoms with Gasteiger partial charge in [-0.25, -0.2) is 4.18 Å². The second kappa shape index (κ2) is 16.6. The Morgan fingerprint density at radius 2 is 1.89 bits per heavy atom. The van der Waals surface area contributed by atoms with Gasteiger partial charge in [-0.05, 0) is 74.5 Å². The van der Waals surface area contributed by atoms with Crippen molar-refractivity contribution in [1.82, 2.24) is 15.5 Å². The first kappa shape index (κ1) is 37.3. The lowest BCUT2D eigenvalue weighted by Crippen LogP contribution is -2.58. The molecule has 17 heteroatoms. The number of nitrogens with one attached hydrogen (secondary N) is 2. The number of likely N-dealkylation sites (tertiary alicyclic amines) is 1. The molecule has 0 spiro atoms. The lowest BCUT2D eigenvalue weighted by atomic mass is 9.83. The summed E-state index contributed by atoms with van der Waals surface area (Å²) in [6.45, 7) is 4.42. The van der Waals surface area contributed by atoms with Crippen LogP contribution in [0.4, 0.5) is 0 Å². The van der Waals surface area contributed by atoms with Gasteiger partial charge in [0.1, 0.15) is 23.9 Å². The summed E-state index contributed by atoms with van der Waals surface area (Å²) in [5, 5.41) is 25.9. The van der Waals surface area contributed by atoms with Crippen LogP contribution in [0.5, 0.6) is 5.75 Å². The number of halogens is 1. The monoisotopic (exact) mass is 688 g/mol. The van der Waals surface area contributed by atoms with E-state index >= 15 is 0 Å². The molecular formula is C29H45ClN6O9S. The van der Waals surface area contributed by atoms with Crippen molar-refractivity contribution in [2.45, 2.75) is 95.5 Å². The van der Waals surface area contributed by atoms with Gasteiger partial charge in [0.05, 0.1) is 11.1 Å². The molecule has 0 bridgehead atoms. The average molecular weight is 689 g/mol. The Balaban J connectivity index is 1.81. The number of carbonyl (C=O) groups is 3. The fraction of sp³-hybridized carbons (Fsp3) is 0.655. The van der Waals surface area contributed by atoms with E-state index in [0.717, 1.165) is 0 Å². The number of phenols is 1. The molecule has 1 aromatic rings. The zero-order chi connectivity index (χ0) is 34.2. The van der Waals surface area contributed by atoms with E-state index < -0.39 is 58.5 Å². The summed E-state index contributed by atoms with van der Waals surface area (Å²) in [7, 11) is -4.75. The van der Waals surface area contributed by atoms with Crippen LogP contribution in [0.1, 0.15) is 64.4 Å². The van der Waals surface area contributed by atoms with Crippen LogP contribution in [0.25, 0.3) is 0 Å². The number of guanidine groups is 1. The van der Waals surface area contributed by atoms with E-state index in [0.29, 0.717) is 50.8 Å². The highest BCUT2D eigenvalue weighted by Gasteiger charge is 2.51. The van der Waals surface area contributed by atoms with Crippen LogP contribution in [-0.2, 0) is 35.4 Å². The molecule has 3 amide bonds. The largest absolute Gasteiger partial charge is 0.506 e. The van der Waals surface area contributed by atoms with Crippen molar-refractivity contribution in [2.24, 2.45) is 28.3 Å². The first-order valence-electron chi connectivity index (χ1n) is 15.3. The number of nitrogens with zero attached hydrogens (tertiary/aromatic N) is 2. The number of unbranched alkanes of at least 4 members (excludes halogenated alkanes) is 1. The smallest absolute Gasteiger partial charge is 0.397 e. The highest BCUT2D eigenvalue weighted by atomic mass is 35.5. The standard InChI is InChI=1S/C29H45ClN6O9S/c1-16(2)11-21(35-27(40)25(38)13-17-5-8-24(37)20(30)12-17)28(41)36-22-15-19(45-46(42,43)44)7-6-18(22)14-23(36)26(39)33-9-3-4-10-34-29(31)32/h5,8,12,16,18-19,21-23,25,37-38H,3-4,6-7,9-11,13-15H2,1-2H3,(H,33,39)(H,35,40)(H4,31,32,34)(H,42,43,44)/t18-,19+,21+,22-,23-,25+/m0/s1. The van der Waals surface area contributed by atoms with Crippen molar-refractivity contribution in [3.63, 3.8) is 0 Å². The Morgan fingerprint density at radius 3 is 2.52 bits per heavy atom.